The normalized spacial score (nSPS) is 23.9. The molecule has 0 unspecified atom stereocenters. The van der Waals surface area contributed by atoms with Gasteiger partial charge >= 0.3 is 0 Å². The Hall–Kier alpha value is -2.71. The number of hydrogen-bond acceptors (Lipinski definition) is 6. The van der Waals surface area contributed by atoms with Crippen molar-refractivity contribution in [3.8, 4) is 0 Å². The Morgan fingerprint density at radius 1 is 1.26 bits per heavy atom. The lowest BCUT2D eigenvalue weighted by Crippen LogP contribution is -2.59. The minimum absolute atomic E-state index is 0.0422. The summed E-state index contributed by atoms with van der Waals surface area (Å²) in [6.07, 6.45) is 0. The van der Waals surface area contributed by atoms with Gasteiger partial charge in [0, 0.05) is 32.1 Å². The van der Waals surface area contributed by atoms with E-state index in [-0.39, 0.29) is 24.3 Å². The number of rotatable bonds is 5. The van der Waals surface area contributed by atoms with Gasteiger partial charge in [-0.3, -0.25) is 9.59 Å². The van der Waals surface area contributed by atoms with Gasteiger partial charge in [0.25, 0.3) is 11.8 Å². The Kier molecular flexibility index (Phi) is 5.85. The Labute approximate surface area is 182 Å². The fraction of sp³-hybridized carbons (Fsp3) is 0.522. The smallest absolute Gasteiger partial charge is 0.259 e. The van der Waals surface area contributed by atoms with Crippen molar-refractivity contribution in [1.29, 1.82) is 0 Å². The van der Waals surface area contributed by atoms with Gasteiger partial charge in [-0.1, -0.05) is 35.5 Å². The van der Waals surface area contributed by atoms with Crippen molar-refractivity contribution >= 4 is 11.8 Å². The first-order valence-electron chi connectivity index (χ1n) is 10.7. The Morgan fingerprint density at radius 2 is 2.00 bits per heavy atom. The molecular formula is C23H30N4O4. The van der Waals surface area contributed by atoms with E-state index in [1.165, 1.54) is 0 Å². The number of nitrogens with zero attached hydrogens (tertiary/aromatic N) is 4. The average Bonchev–Trinajstić information content (AvgIpc) is 3.23. The summed E-state index contributed by atoms with van der Waals surface area (Å²) in [4.78, 5) is 32.7. The van der Waals surface area contributed by atoms with E-state index >= 15 is 0 Å². The van der Waals surface area contributed by atoms with E-state index in [9.17, 15) is 9.59 Å². The van der Waals surface area contributed by atoms with Gasteiger partial charge in [0.2, 0.25) is 0 Å². The van der Waals surface area contributed by atoms with Gasteiger partial charge in [-0.25, -0.2) is 0 Å². The molecule has 31 heavy (non-hydrogen) atoms. The summed E-state index contributed by atoms with van der Waals surface area (Å²) < 4.78 is 11.5. The summed E-state index contributed by atoms with van der Waals surface area (Å²) in [6.45, 7) is 6.42. The van der Waals surface area contributed by atoms with Gasteiger partial charge in [-0.2, -0.15) is 0 Å². The van der Waals surface area contributed by atoms with Crippen LogP contribution < -0.4 is 0 Å². The Bertz CT molecular complexity index is 938. The molecule has 2 aliphatic heterocycles. The van der Waals surface area contributed by atoms with Crippen LogP contribution in [0.25, 0.3) is 0 Å². The molecule has 166 valence electrons. The molecule has 2 fully saturated rings. The lowest BCUT2D eigenvalue weighted by molar-refractivity contribution is -0.159. The summed E-state index contributed by atoms with van der Waals surface area (Å²) in [6, 6.07) is 9.99. The second kappa shape index (κ2) is 8.43. The van der Waals surface area contributed by atoms with E-state index in [0.29, 0.717) is 43.3 Å². The third-order valence-electron chi connectivity index (χ3n) is 6.32. The predicted octanol–water partition coefficient (Wildman–Crippen LogP) is 1.69. The van der Waals surface area contributed by atoms with Crippen molar-refractivity contribution in [2.75, 3.05) is 53.4 Å². The second-order valence-electron chi connectivity index (χ2n) is 8.68. The molecule has 2 atom stereocenters. The van der Waals surface area contributed by atoms with Crippen molar-refractivity contribution in [2.24, 2.45) is 0 Å². The van der Waals surface area contributed by atoms with Crippen molar-refractivity contribution in [1.82, 2.24) is 19.9 Å². The van der Waals surface area contributed by atoms with Crippen molar-refractivity contribution < 1.29 is 18.8 Å². The number of amides is 2. The van der Waals surface area contributed by atoms with Crippen LogP contribution in [-0.2, 0) is 9.53 Å². The highest BCUT2D eigenvalue weighted by molar-refractivity contribution is 5.97. The molecule has 2 amide bonds. The van der Waals surface area contributed by atoms with E-state index in [1.54, 1.807) is 18.7 Å². The number of aromatic nitrogens is 1. The molecule has 2 aromatic rings. The molecule has 8 nitrogen and oxygen atoms in total. The fourth-order valence-corrected chi connectivity index (χ4v) is 4.65. The van der Waals surface area contributed by atoms with Crippen LogP contribution in [0.3, 0.4) is 0 Å². The first-order valence-corrected chi connectivity index (χ1v) is 10.7. The van der Waals surface area contributed by atoms with E-state index in [4.69, 9.17) is 9.26 Å². The van der Waals surface area contributed by atoms with Crippen LogP contribution in [0.4, 0.5) is 0 Å². The monoisotopic (exact) mass is 426 g/mol. The standard InChI is InChI=1S/C23H30N4O4/c1-16-20(17(2)31-24-16)21(28)27-12-13-30-23(15-27)19(18-8-6-5-7-9-18)14-26(22(23)29)11-10-25(3)4/h5-9,19H,10-15H2,1-4H3/t19-,23-/m1/s1. The van der Waals surface area contributed by atoms with Gasteiger partial charge in [0.15, 0.2) is 5.60 Å². The zero-order valence-electron chi connectivity index (χ0n) is 18.6. The molecule has 0 radical (unpaired) electrons. The number of likely N-dealkylation sites (tertiary alicyclic amines) is 1. The lowest BCUT2D eigenvalue weighted by Gasteiger charge is -2.42. The molecule has 0 N–H and O–H groups in total. The number of ether oxygens (including phenoxy) is 1. The SMILES string of the molecule is Cc1noc(C)c1C(=O)N1CCO[C@@]2(C1)C(=O)N(CCN(C)C)C[C@@H]2c1ccccc1. The zero-order valence-corrected chi connectivity index (χ0v) is 18.6. The summed E-state index contributed by atoms with van der Waals surface area (Å²) in [5.74, 6) is 0.140. The second-order valence-corrected chi connectivity index (χ2v) is 8.68. The lowest BCUT2D eigenvalue weighted by atomic mass is 9.83. The van der Waals surface area contributed by atoms with Crippen LogP contribution >= 0.6 is 0 Å². The highest BCUT2D eigenvalue weighted by atomic mass is 16.5. The first kappa shape index (κ1) is 21.5. The average molecular weight is 427 g/mol. The topological polar surface area (TPSA) is 79.1 Å². The van der Waals surface area contributed by atoms with Crippen LogP contribution in [0.15, 0.2) is 34.9 Å². The first-order chi connectivity index (χ1) is 14.8. The van der Waals surface area contributed by atoms with Crippen LogP contribution in [0.5, 0.6) is 0 Å². The molecule has 1 spiro atoms. The molecule has 1 aromatic carbocycles. The van der Waals surface area contributed by atoms with E-state index in [0.717, 1.165) is 12.1 Å². The zero-order chi connectivity index (χ0) is 22.2. The highest BCUT2D eigenvalue weighted by Crippen LogP contribution is 2.42. The Balaban J connectivity index is 1.67. The maximum atomic E-state index is 13.7. The number of likely N-dealkylation sites (N-methyl/N-ethyl adjacent to an activating group) is 1. The number of carbonyl (C=O) groups is 2. The molecule has 4 rings (SSSR count). The quantitative estimate of drug-likeness (QED) is 0.724. The number of benzene rings is 1. The minimum Gasteiger partial charge on any atom is -0.361 e. The number of hydrogen-bond donors (Lipinski definition) is 0. The van der Waals surface area contributed by atoms with Gasteiger partial charge in [0.1, 0.15) is 11.3 Å². The Morgan fingerprint density at radius 3 is 2.65 bits per heavy atom. The maximum absolute atomic E-state index is 13.7. The predicted molar refractivity (Wildman–Crippen MR) is 115 cm³/mol. The highest BCUT2D eigenvalue weighted by Gasteiger charge is 2.58. The van der Waals surface area contributed by atoms with Crippen LogP contribution in [0, 0.1) is 13.8 Å². The molecule has 2 saturated heterocycles. The van der Waals surface area contributed by atoms with E-state index in [1.807, 2.05) is 49.3 Å². The van der Waals surface area contributed by atoms with Gasteiger partial charge in [-0.05, 0) is 33.5 Å². The molecule has 0 aliphatic carbocycles. The van der Waals surface area contributed by atoms with Crippen LogP contribution in [-0.4, -0.2) is 90.7 Å². The molecule has 3 heterocycles. The maximum Gasteiger partial charge on any atom is 0.259 e. The van der Waals surface area contributed by atoms with Gasteiger partial charge < -0.3 is 24.0 Å². The largest absolute Gasteiger partial charge is 0.361 e. The van der Waals surface area contributed by atoms with E-state index < -0.39 is 5.60 Å². The van der Waals surface area contributed by atoms with Crippen LogP contribution in [0.1, 0.15) is 33.3 Å². The van der Waals surface area contributed by atoms with Gasteiger partial charge in [0.05, 0.1) is 18.8 Å². The summed E-state index contributed by atoms with van der Waals surface area (Å²) in [5, 5.41) is 3.92. The summed E-state index contributed by atoms with van der Waals surface area (Å²) in [5.41, 5.74) is 1.01. The number of aryl methyl sites for hydroxylation is 2. The molecule has 0 saturated carbocycles. The van der Waals surface area contributed by atoms with Crippen molar-refractivity contribution in [2.45, 2.75) is 25.4 Å². The summed E-state index contributed by atoms with van der Waals surface area (Å²) >= 11 is 0. The van der Waals surface area contributed by atoms with Gasteiger partial charge in [-0.15, -0.1) is 0 Å². The number of morpholine rings is 1. The molecule has 8 heteroatoms. The number of carbonyl (C=O) groups excluding carboxylic acids is 2. The van der Waals surface area contributed by atoms with Crippen molar-refractivity contribution in [3.05, 3.63) is 52.9 Å². The third kappa shape index (κ3) is 3.85. The van der Waals surface area contributed by atoms with E-state index in [2.05, 4.69) is 10.1 Å². The molecule has 2 aliphatic rings. The fourth-order valence-electron chi connectivity index (χ4n) is 4.65. The third-order valence-corrected chi connectivity index (χ3v) is 6.32. The van der Waals surface area contributed by atoms with Crippen molar-refractivity contribution in [3.63, 3.8) is 0 Å². The molecular weight excluding hydrogens is 396 g/mol. The molecule has 0 bridgehead atoms. The van der Waals surface area contributed by atoms with Crippen LogP contribution in [0.2, 0.25) is 0 Å². The minimum atomic E-state index is -1.08. The summed E-state index contributed by atoms with van der Waals surface area (Å²) in [7, 11) is 3.98. The molecule has 1 aromatic heterocycles.